The average molecular weight is 133 g/mol. The van der Waals surface area contributed by atoms with Crippen molar-refractivity contribution in [2.75, 3.05) is 6.54 Å². The number of nitrogens with one attached hydrogen (secondary N) is 1. The minimum absolute atomic E-state index is 0.240. The molecule has 1 unspecified atom stereocenters. The van der Waals surface area contributed by atoms with Crippen LogP contribution in [-0.4, -0.2) is 17.5 Å². The Labute approximate surface area is 53.3 Å². The SMILES string of the molecule is CCC(CNN)[N+](=O)[O-]. The van der Waals surface area contributed by atoms with Gasteiger partial charge in [-0.05, 0) is 0 Å². The molecule has 0 radical (unpaired) electrons. The van der Waals surface area contributed by atoms with Gasteiger partial charge in [0.15, 0.2) is 0 Å². The van der Waals surface area contributed by atoms with Gasteiger partial charge in [0.2, 0.25) is 6.04 Å². The van der Waals surface area contributed by atoms with Crippen molar-refractivity contribution >= 4 is 0 Å². The maximum Gasteiger partial charge on any atom is 0.226 e. The van der Waals surface area contributed by atoms with Gasteiger partial charge in [0.25, 0.3) is 0 Å². The van der Waals surface area contributed by atoms with Crippen LogP contribution in [0.25, 0.3) is 0 Å². The largest absolute Gasteiger partial charge is 0.271 e. The Morgan fingerprint density at radius 1 is 1.89 bits per heavy atom. The Balaban J connectivity index is 3.54. The van der Waals surface area contributed by atoms with Crippen LogP contribution in [-0.2, 0) is 0 Å². The van der Waals surface area contributed by atoms with E-state index in [-0.39, 0.29) is 11.5 Å². The van der Waals surface area contributed by atoms with Crippen molar-refractivity contribution in [1.29, 1.82) is 0 Å². The summed E-state index contributed by atoms with van der Waals surface area (Å²) in [5.41, 5.74) is 2.26. The Morgan fingerprint density at radius 2 is 2.44 bits per heavy atom. The third-order valence-electron chi connectivity index (χ3n) is 1.12. The Bertz CT molecular complexity index is 95.8. The predicted molar refractivity (Wildman–Crippen MR) is 33.3 cm³/mol. The van der Waals surface area contributed by atoms with E-state index in [1.54, 1.807) is 6.92 Å². The zero-order valence-electron chi connectivity index (χ0n) is 5.33. The van der Waals surface area contributed by atoms with E-state index in [1.807, 2.05) is 0 Å². The molecule has 0 aliphatic rings. The molecule has 1 atom stereocenters. The number of nitrogens with zero attached hydrogens (tertiary/aromatic N) is 1. The maximum atomic E-state index is 10.0. The number of rotatable bonds is 4. The van der Waals surface area contributed by atoms with Crippen LogP contribution >= 0.6 is 0 Å². The van der Waals surface area contributed by atoms with Crippen molar-refractivity contribution < 1.29 is 4.92 Å². The smallest absolute Gasteiger partial charge is 0.226 e. The van der Waals surface area contributed by atoms with Gasteiger partial charge in [0, 0.05) is 11.3 Å². The fourth-order valence-electron chi connectivity index (χ4n) is 0.504. The van der Waals surface area contributed by atoms with Gasteiger partial charge in [-0.25, -0.2) is 0 Å². The van der Waals surface area contributed by atoms with Crippen molar-refractivity contribution in [3.8, 4) is 0 Å². The molecule has 0 heterocycles. The number of hydrazine groups is 1. The minimum atomic E-state index is -0.546. The lowest BCUT2D eigenvalue weighted by molar-refractivity contribution is -0.520. The first kappa shape index (κ1) is 8.32. The van der Waals surface area contributed by atoms with Crippen LogP contribution in [0, 0.1) is 10.1 Å². The standard InChI is InChI=1S/C4H11N3O2/c1-2-4(3-6-5)7(8)9/h4,6H,2-3,5H2,1H3. The van der Waals surface area contributed by atoms with Crippen molar-refractivity contribution in [3.05, 3.63) is 10.1 Å². The van der Waals surface area contributed by atoms with E-state index in [2.05, 4.69) is 5.43 Å². The van der Waals surface area contributed by atoms with E-state index in [1.165, 1.54) is 0 Å². The van der Waals surface area contributed by atoms with Crippen LogP contribution in [0.3, 0.4) is 0 Å². The lowest BCUT2D eigenvalue weighted by Crippen LogP contribution is -2.36. The van der Waals surface area contributed by atoms with Gasteiger partial charge in [-0.2, -0.15) is 0 Å². The van der Waals surface area contributed by atoms with Crippen molar-refractivity contribution in [3.63, 3.8) is 0 Å². The fourth-order valence-corrected chi connectivity index (χ4v) is 0.504. The first-order valence-electron chi connectivity index (χ1n) is 2.79. The molecule has 0 aromatic rings. The first-order valence-corrected chi connectivity index (χ1v) is 2.79. The average Bonchev–Trinajstić information content (AvgIpc) is 1.82. The predicted octanol–water partition coefficient (Wildman–Crippen LogP) is -0.495. The zero-order chi connectivity index (χ0) is 7.28. The highest BCUT2D eigenvalue weighted by molar-refractivity contribution is 4.53. The van der Waals surface area contributed by atoms with Crippen LogP contribution in [0.5, 0.6) is 0 Å². The normalized spacial score (nSPS) is 13.1. The fraction of sp³-hybridized carbons (Fsp3) is 1.00. The Morgan fingerprint density at radius 3 is 2.56 bits per heavy atom. The number of hydrogen-bond acceptors (Lipinski definition) is 4. The molecule has 5 nitrogen and oxygen atoms in total. The van der Waals surface area contributed by atoms with E-state index in [0.717, 1.165) is 0 Å². The monoisotopic (exact) mass is 133 g/mol. The molecule has 0 aliphatic heterocycles. The molecule has 0 saturated carbocycles. The highest BCUT2D eigenvalue weighted by atomic mass is 16.6. The van der Waals surface area contributed by atoms with Gasteiger partial charge in [0.1, 0.15) is 0 Å². The lowest BCUT2D eigenvalue weighted by Gasteiger charge is -2.03. The molecule has 0 fully saturated rings. The van der Waals surface area contributed by atoms with E-state index >= 15 is 0 Å². The number of nitrogens with two attached hydrogens (primary N) is 1. The number of hydrogen-bond donors (Lipinski definition) is 2. The molecule has 0 rings (SSSR count). The molecule has 0 spiro atoms. The molecular formula is C4H11N3O2. The topological polar surface area (TPSA) is 81.2 Å². The van der Waals surface area contributed by atoms with Crippen molar-refractivity contribution in [1.82, 2.24) is 5.43 Å². The lowest BCUT2D eigenvalue weighted by atomic mass is 10.2. The highest BCUT2D eigenvalue weighted by Gasteiger charge is 2.14. The second kappa shape index (κ2) is 4.22. The molecule has 54 valence electrons. The second-order valence-corrected chi connectivity index (χ2v) is 1.76. The van der Waals surface area contributed by atoms with Gasteiger partial charge < -0.3 is 0 Å². The van der Waals surface area contributed by atoms with Crippen LogP contribution in [0.1, 0.15) is 13.3 Å². The van der Waals surface area contributed by atoms with Gasteiger partial charge >= 0.3 is 0 Å². The van der Waals surface area contributed by atoms with E-state index in [4.69, 9.17) is 5.84 Å². The summed E-state index contributed by atoms with van der Waals surface area (Å²) in [6.07, 6.45) is 0.511. The Hall–Kier alpha value is -0.680. The summed E-state index contributed by atoms with van der Waals surface area (Å²) in [5.74, 6) is 4.89. The van der Waals surface area contributed by atoms with Crippen molar-refractivity contribution in [2.45, 2.75) is 19.4 Å². The summed E-state index contributed by atoms with van der Waals surface area (Å²) in [5, 5.41) is 10.0. The quantitative estimate of drug-likeness (QED) is 0.308. The molecule has 9 heavy (non-hydrogen) atoms. The number of nitro groups is 1. The van der Waals surface area contributed by atoms with Crippen molar-refractivity contribution in [2.24, 2.45) is 5.84 Å². The van der Waals surface area contributed by atoms with Gasteiger partial charge in [-0.15, -0.1) is 0 Å². The summed E-state index contributed by atoms with van der Waals surface area (Å²) in [4.78, 5) is 9.70. The van der Waals surface area contributed by atoms with Gasteiger partial charge in [-0.1, -0.05) is 6.92 Å². The molecule has 0 bridgehead atoms. The summed E-state index contributed by atoms with van der Waals surface area (Å²) in [6.45, 7) is 1.99. The molecule has 0 saturated heterocycles. The summed E-state index contributed by atoms with van der Waals surface area (Å²) in [6, 6.07) is -0.546. The minimum Gasteiger partial charge on any atom is -0.271 e. The van der Waals surface area contributed by atoms with Crippen LogP contribution in [0.4, 0.5) is 0 Å². The molecule has 0 aromatic carbocycles. The third kappa shape index (κ3) is 2.99. The highest BCUT2D eigenvalue weighted by Crippen LogP contribution is 1.92. The van der Waals surface area contributed by atoms with Crippen LogP contribution < -0.4 is 11.3 Å². The summed E-state index contributed by atoms with van der Waals surface area (Å²) < 4.78 is 0. The Kier molecular flexibility index (Phi) is 3.90. The van der Waals surface area contributed by atoms with Gasteiger partial charge in [0.05, 0.1) is 6.54 Å². The molecule has 0 amide bonds. The molecular weight excluding hydrogens is 122 g/mol. The summed E-state index contributed by atoms with van der Waals surface area (Å²) >= 11 is 0. The van der Waals surface area contributed by atoms with E-state index in [9.17, 15) is 10.1 Å². The molecule has 3 N–H and O–H groups in total. The first-order chi connectivity index (χ1) is 4.22. The third-order valence-corrected chi connectivity index (χ3v) is 1.12. The maximum absolute atomic E-state index is 10.0. The van der Waals surface area contributed by atoms with Crippen LogP contribution in [0.15, 0.2) is 0 Å². The van der Waals surface area contributed by atoms with Gasteiger partial charge in [-0.3, -0.25) is 21.4 Å². The molecule has 0 aliphatic carbocycles. The van der Waals surface area contributed by atoms with E-state index < -0.39 is 6.04 Å². The zero-order valence-corrected chi connectivity index (χ0v) is 5.33. The second-order valence-electron chi connectivity index (χ2n) is 1.76. The molecule has 0 aromatic heterocycles. The summed E-state index contributed by atoms with van der Waals surface area (Å²) in [7, 11) is 0. The molecule has 5 heteroatoms. The van der Waals surface area contributed by atoms with Crippen LogP contribution in [0.2, 0.25) is 0 Å². The van der Waals surface area contributed by atoms with E-state index in [0.29, 0.717) is 6.42 Å².